The van der Waals surface area contributed by atoms with Gasteiger partial charge >= 0.3 is 5.97 Å². The van der Waals surface area contributed by atoms with Crippen LogP contribution in [0.1, 0.15) is 69.1 Å². The van der Waals surface area contributed by atoms with Crippen molar-refractivity contribution >= 4 is 5.97 Å². The molecular formula is C20H28O3. The summed E-state index contributed by atoms with van der Waals surface area (Å²) in [6, 6.07) is 3.99. The Morgan fingerprint density at radius 1 is 1.35 bits per heavy atom. The summed E-state index contributed by atoms with van der Waals surface area (Å²) in [7, 11) is 0. The summed E-state index contributed by atoms with van der Waals surface area (Å²) in [5.74, 6) is 1.31. The van der Waals surface area contributed by atoms with Crippen LogP contribution in [0.15, 0.2) is 23.8 Å². The molecule has 0 radical (unpaired) electrons. The summed E-state index contributed by atoms with van der Waals surface area (Å²) >= 11 is 0. The van der Waals surface area contributed by atoms with Gasteiger partial charge in [0.05, 0.1) is 6.61 Å². The zero-order valence-electron chi connectivity index (χ0n) is 14.8. The molecule has 1 N–H and O–H groups in total. The lowest BCUT2D eigenvalue weighted by atomic mass is 9.72. The molecule has 0 spiro atoms. The first-order chi connectivity index (χ1) is 10.8. The lowest BCUT2D eigenvalue weighted by molar-refractivity contribution is -0.139. The first-order valence-corrected chi connectivity index (χ1v) is 8.48. The highest BCUT2D eigenvalue weighted by Crippen LogP contribution is 2.44. The maximum atomic E-state index is 11.9. The van der Waals surface area contributed by atoms with Crippen LogP contribution in [0, 0.1) is 12.8 Å². The predicted octanol–water partition coefficient (Wildman–Crippen LogP) is 4.83. The molecule has 0 aromatic heterocycles. The van der Waals surface area contributed by atoms with Crippen molar-refractivity contribution in [2.45, 2.75) is 59.3 Å². The van der Waals surface area contributed by atoms with Crippen molar-refractivity contribution in [2.75, 3.05) is 6.61 Å². The largest absolute Gasteiger partial charge is 0.508 e. The van der Waals surface area contributed by atoms with E-state index in [9.17, 15) is 9.90 Å². The van der Waals surface area contributed by atoms with Crippen molar-refractivity contribution in [1.82, 2.24) is 0 Å². The molecule has 126 valence electrons. The molecule has 2 rings (SSSR count). The van der Waals surface area contributed by atoms with Gasteiger partial charge in [0.25, 0.3) is 0 Å². The minimum atomic E-state index is -0.253. The second-order valence-electron chi connectivity index (χ2n) is 6.96. The molecule has 0 amide bonds. The summed E-state index contributed by atoms with van der Waals surface area (Å²) in [6.45, 7) is 10.4. The number of phenolic OH excluding ortho intramolecular Hbond substituents is 1. The minimum absolute atomic E-state index is 0.167. The van der Waals surface area contributed by atoms with Crippen LogP contribution >= 0.6 is 0 Å². The number of fused-ring (bicyclic) bond motifs is 1. The molecule has 0 bridgehead atoms. The standard InChI is InChI=1S/C20H28O3/c1-6-13(4)20(22)23-11-15-7-8-16(12(2)3)18-9-14(5)19(21)10-17(15)18/h6,9-10,12,15-16,21H,7-8,11H2,1-5H3/b13-6-/t15-,16-/m0/s1. The summed E-state index contributed by atoms with van der Waals surface area (Å²) in [5.41, 5.74) is 4.00. The van der Waals surface area contributed by atoms with Crippen LogP contribution in [-0.2, 0) is 9.53 Å². The first kappa shape index (κ1) is 17.6. The Balaban J connectivity index is 2.26. The van der Waals surface area contributed by atoms with Crippen molar-refractivity contribution in [3.63, 3.8) is 0 Å². The van der Waals surface area contributed by atoms with Gasteiger partial charge in [-0.3, -0.25) is 0 Å². The van der Waals surface area contributed by atoms with Gasteiger partial charge in [-0.05, 0) is 68.2 Å². The molecule has 2 atom stereocenters. The van der Waals surface area contributed by atoms with Crippen molar-refractivity contribution in [3.8, 4) is 5.75 Å². The average molecular weight is 316 g/mol. The Morgan fingerprint density at radius 3 is 2.65 bits per heavy atom. The Bertz CT molecular complexity index is 614. The van der Waals surface area contributed by atoms with E-state index in [1.165, 1.54) is 5.56 Å². The summed E-state index contributed by atoms with van der Waals surface area (Å²) in [4.78, 5) is 11.9. The third kappa shape index (κ3) is 3.77. The van der Waals surface area contributed by atoms with Gasteiger partial charge in [0.15, 0.2) is 0 Å². The van der Waals surface area contributed by atoms with Gasteiger partial charge in [-0.15, -0.1) is 0 Å². The Hall–Kier alpha value is -1.77. The topological polar surface area (TPSA) is 46.5 Å². The summed E-state index contributed by atoms with van der Waals surface area (Å²) in [5, 5.41) is 10.1. The maximum Gasteiger partial charge on any atom is 0.333 e. The number of carbonyl (C=O) groups is 1. The van der Waals surface area contributed by atoms with Crippen LogP contribution in [-0.4, -0.2) is 17.7 Å². The number of hydrogen-bond acceptors (Lipinski definition) is 3. The normalized spacial score (nSPS) is 21.2. The van der Waals surface area contributed by atoms with E-state index in [0.717, 1.165) is 24.0 Å². The van der Waals surface area contributed by atoms with Crippen LogP contribution in [0.3, 0.4) is 0 Å². The van der Waals surface area contributed by atoms with E-state index >= 15 is 0 Å². The van der Waals surface area contributed by atoms with E-state index in [1.807, 2.05) is 19.9 Å². The van der Waals surface area contributed by atoms with Crippen molar-refractivity contribution in [3.05, 3.63) is 40.5 Å². The van der Waals surface area contributed by atoms with Crippen LogP contribution in [0.2, 0.25) is 0 Å². The summed E-state index contributed by atoms with van der Waals surface area (Å²) < 4.78 is 5.47. The molecule has 23 heavy (non-hydrogen) atoms. The molecule has 0 aliphatic heterocycles. The lowest BCUT2D eigenvalue weighted by Crippen LogP contribution is -2.22. The number of aromatic hydroxyl groups is 1. The Kier molecular flexibility index (Phi) is 5.51. The summed E-state index contributed by atoms with van der Waals surface area (Å²) in [6.07, 6.45) is 3.85. The van der Waals surface area contributed by atoms with Crippen LogP contribution in [0.4, 0.5) is 0 Å². The predicted molar refractivity (Wildman–Crippen MR) is 92.8 cm³/mol. The molecule has 1 aliphatic rings. The van der Waals surface area contributed by atoms with Crippen molar-refractivity contribution in [1.29, 1.82) is 0 Å². The number of esters is 1. The number of ether oxygens (including phenoxy) is 1. The number of rotatable bonds is 4. The monoisotopic (exact) mass is 316 g/mol. The zero-order chi connectivity index (χ0) is 17.1. The fraction of sp³-hybridized carbons (Fsp3) is 0.550. The fourth-order valence-electron chi connectivity index (χ4n) is 3.37. The lowest BCUT2D eigenvalue weighted by Gasteiger charge is -2.34. The molecule has 1 aromatic rings. The quantitative estimate of drug-likeness (QED) is 0.639. The Morgan fingerprint density at radius 2 is 2.04 bits per heavy atom. The highest BCUT2D eigenvalue weighted by molar-refractivity contribution is 5.87. The van der Waals surface area contributed by atoms with Gasteiger partial charge in [-0.25, -0.2) is 4.79 Å². The van der Waals surface area contributed by atoms with E-state index in [0.29, 0.717) is 29.8 Å². The number of benzene rings is 1. The van der Waals surface area contributed by atoms with E-state index < -0.39 is 0 Å². The molecule has 3 heteroatoms. The highest BCUT2D eigenvalue weighted by Gasteiger charge is 2.30. The maximum absolute atomic E-state index is 11.9. The van der Waals surface area contributed by atoms with Crippen LogP contribution < -0.4 is 0 Å². The molecule has 3 nitrogen and oxygen atoms in total. The number of aryl methyl sites for hydroxylation is 1. The van der Waals surface area contributed by atoms with Gasteiger partial charge in [0.1, 0.15) is 5.75 Å². The third-order valence-corrected chi connectivity index (χ3v) is 5.04. The van der Waals surface area contributed by atoms with Gasteiger partial charge in [-0.2, -0.15) is 0 Å². The van der Waals surface area contributed by atoms with Gasteiger partial charge < -0.3 is 9.84 Å². The number of hydrogen-bond donors (Lipinski definition) is 1. The second kappa shape index (κ2) is 7.20. The molecule has 0 heterocycles. The first-order valence-electron chi connectivity index (χ1n) is 8.48. The number of phenols is 1. The van der Waals surface area contributed by atoms with Crippen LogP contribution in [0.25, 0.3) is 0 Å². The SMILES string of the molecule is C/C=C(/C)C(=O)OC[C@@H]1CC[C@@H](C(C)C)c2cc(C)c(O)cc21. The smallest absolute Gasteiger partial charge is 0.333 e. The third-order valence-electron chi connectivity index (χ3n) is 5.04. The molecule has 0 saturated heterocycles. The fourth-order valence-corrected chi connectivity index (χ4v) is 3.37. The molecule has 1 aliphatic carbocycles. The van der Waals surface area contributed by atoms with Crippen molar-refractivity contribution in [2.24, 2.45) is 5.92 Å². The zero-order valence-corrected chi connectivity index (χ0v) is 14.8. The van der Waals surface area contributed by atoms with Crippen molar-refractivity contribution < 1.29 is 14.6 Å². The minimum Gasteiger partial charge on any atom is -0.508 e. The van der Waals surface area contributed by atoms with E-state index in [2.05, 4.69) is 19.9 Å². The van der Waals surface area contributed by atoms with E-state index in [-0.39, 0.29) is 11.9 Å². The second-order valence-corrected chi connectivity index (χ2v) is 6.96. The van der Waals surface area contributed by atoms with Gasteiger partial charge in [0, 0.05) is 11.5 Å². The average Bonchev–Trinajstić information content (AvgIpc) is 2.52. The van der Waals surface area contributed by atoms with Crippen LogP contribution in [0.5, 0.6) is 5.75 Å². The van der Waals surface area contributed by atoms with Gasteiger partial charge in [0.2, 0.25) is 0 Å². The van der Waals surface area contributed by atoms with E-state index in [4.69, 9.17) is 4.74 Å². The van der Waals surface area contributed by atoms with Gasteiger partial charge in [-0.1, -0.05) is 26.0 Å². The number of allylic oxidation sites excluding steroid dienone is 1. The molecule has 0 unspecified atom stereocenters. The molecule has 0 saturated carbocycles. The molecule has 1 aromatic carbocycles. The van der Waals surface area contributed by atoms with E-state index in [1.54, 1.807) is 13.0 Å². The molecule has 0 fully saturated rings. The number of carbonyl (C=O) groups excluding carboxylic acids is 1. The Labute approximate surface area is 139 Å². The highest BCUT2D eigenvalue weighted by atomic mass is 16.5. The molecular weight excluding hydrogens is 288 g/mol.